The first-order chi connectivity index (χ1) is 12.2. The smallest absolute Gasteiger partial charge is 0.261 e. The van der Waals surface area contributed by atoms with Crippen molar-refractivity contribution >= 4 is 11.9 Å². The van der Waals surface area contributed by atoms with Crippen molar-refractivity contribution in [1.82, 2.24) is 9.88 Å². The van der Waals surface area contributed by atoms with Gasteiger partial charge in [-0.15, -0.1) is 0 Å². The number of nitrogens with zero attached hydrogens (tertiary/aromatic N) is 3. The Bertz CT molecular complexity index is 951. The van der Waals surface area contributed by atoms with Crippen molar-refractivity contribution < 1.29 is 9.53 Å². The molecule has 2 aliphatic rings. The van der Waals surface area contributed by atoms with Gasteiger partial charge in [0, 0.05) is 37.0 Å². The number of likely N-dealkylation sites (N-methyl/N-ethyl adjacent to an activating group) is 1. The average molecular weight is 350 g/mol. The first kappa shape index (κ1) is 16.6. The molecule has 6 heteroatoms. The van der Waals surface area contributed by atoms with Gasteiger partial charge in [-0.05, 0) is 50.1 Å². The van der Waals surface area contributed by atoms with Gasteiger partial charge >= 0.3 is 0 Å². The molecule has 134 valence electrons. The molecule has 6 nitrogen and oxygen atoms in total. The highest BCUT2D eigenvalue weighted by Crippen LogP contribution is 2.49. The second-order valence-corrected chi connectivity index (χ2v) is 7.69. The van der Waals surface area contributed by atoms with Crippen LogP contribution in [0.3, 0.4) is 0 Å². The lowest BCUT2D eigenvalue weighted by atomic mass is 9.77. The summed E-state index contributed by atoms with van der Waals surface area (Å²) in [5.74, 6) is 0.791. The molecule has 1 amide bonds. The van der Waals surface area contributed by atoms with Crippen LogP contribution in [0.5, 0.6) is 5.75 Å². The SMILES string of the molecule is Cc1cncc(-c2ccc3c(c2)C2(CC(C)(C)O3)N=C(N)N(C)C2=O)c1. The molecule has 1 spiro atoms. The van der Waals surface area contributed by atoms with Gasteiger partial charge < -0.3 is 10.5 Å². The van der Waals surface area contributed by atoms with E-state index in [2.05, 4.69) is 16.0 Å². The van der Waals surface area contributed by atoms with Crippen LogP contribution in [0, 0.1) is 6.92 Å². The number of guanidine groups is 1. The standard InChI is InChI=1S/C20H22N4O2/c1-12-7-14(10-22-9-12)13-5-6-16-15(8-13)20(11-19(2,3)26-16)17(25)24(4)18(21)23-20/h5-10H,11H2,1-4H3,(H2,21,23). The van der Waals surface area contributed by atoms with Crippen molar-refractivity contribution in [3.63, 3.8) is 0 Å². The molecule has 0 radical (unpaired) electrons. The number of nitrogens with two attached hydrogens (primary N) is 1. The van der Waals surface area contributed by atoms with Crippen LogP contribution >= 0.6 is 0 Å². The summed E-state index contributed by atoms with van der Waals surface area (Å²) in [4.78, 5) is 23.4. The Morgan fingerprint density at radius 3 is 2.62 bits per heavy atom. The number of aryl methyl sites for hydroxylation is 1. The lowest BCUT2D eigenvalue weighted by Gasteiger charge is -2.41. The van der Waals surface area contributed by atoms with Crippen LogP contribution in [-0.2, 0) is 10.3 Å². The van der Waals surface area contributed by atoms with Crippen LogP contribution in [0.15, 0.2) is 41.7 Å². The molecule has 0 bridgehead atoms. The van der Waals surface area contributed by atoms with Gasteiger partial charge in [0.05, 0.1) is 0 Å². The van der Waals surface area contributed by atoms with Crippen molar-refractivity contribution in [2.45, 2.75) is 38.3 Å². The lowest BCUT2D eigenvalue weighted by Crippen LogP contribution is -2.49. The van der Waals surface area contributed by atoms with E-state index in [4.69, 9.17) is 10.5 Å². The predicted molar refractivity (Wildman–Crippen MR) is 99.8 cm³/mol. The van der Waals surface area contributed by atoms with Crippen molar-refractivity contribution in [1.29, 1.82) is 0 Å². The van der Waals surface area contributed by atoms with E-state index in [9.17, 15) is 4.79 Å². The number of hydrogen-bond acceptors (Lipinski definition) is 5. The Kier molecular flexibility index (Phi) is 3.38. The average Bonchev–Trinajstić information content (AvgIpc) is 2.78. The Morgan fingerprint density at radius 1 is 1.19 bits per heavy atom. The second kappa shape index (κ2) is 5.30. The highest BCUT2D eigenvalue weighted by atomic mass is 16.5. The van der Waals surface area contributed by atoms with E-state index < -0.39 is 11.1 Å². The Morgan fingerprint density at radius 2 is 1.96 bits per heavy atom. The van der Waals surface area contributed by atoms with Gasteiger partial charge in [0.25, 0.3) is 5.91 Å². The third kappa shape index (κ3) is 2.36. The summed E-state index contributed by atoms with van der Waals surface area (Å²) in [7, 11) is 1.66. The lowest BCUT2D eigenvalue weighted by molar-refractivity contribution is -0.133. The quantitative estimate of drug-likeness (QED) is 0.857. The van der Waals surface area contributed by atoms with Gasteiger partial charge in [-0.2, -0.15) is 0 Å². The number of pyridine rings is 1. The molecule has 2 aromatic rings. The largest absolute Gasteiger partial charge is 0.487 e. The van der Waals surface area contributed by atoms with Crippen molar-refractivity contribution in [3.8, 4) is 16.9 Å². The number of aromatic nitrogens is 1. The van der Waals surface area contributed by atoms with Gasteiger partial charge in [-0.25, -0.2) is 4.99 Å². The monoisotopic (exact) mass is 350 g/mol. The zero-order valence-corrected chi connectivity index (χ0v) is 15.4. The molecule has 0 fully saturated rings. The first-order valence-electron chi connectivity index (χ1n) is 8.61. The highest BCUT2D eigenvalue weighted by molar-refractivity contribution is 6.07. The summed E-state index contributed by atoms with van der Waals surface area (Å²) in [6, 6.07) is 7.94. The number of amides is 1. The molecule has 4 rings (SSSR count). The summed E-state index contributed by atoms with van der Waals surface area (Å²) in [6.07, 6.45) is 4.07. The molecule has 0 aliphatic carbocycles. The number of aliphatic imine (C=N–C) groups is 1. The maximum absolute atomic E-state index is 13.1. The molecule has 26 heavy (non-hydrogen) atoms. The van der Waals surface area contributed by atoms with Crippen LogP contribution in [-0.4, -0.2) is 34.4 Å². The van der Waals surface area contributed by atoms with Crippen LogP contribution in [0.2, 0.25) is 0 Å². The van der Waals surface area contributed by atoms with Gasteiger partial charge in [0.2, 0.25) is 0 Å². The second-order valence-electron chi connectivity index (χ2n) is 7.69. The molecule has 1 aromatic carbocycles. The molecular formula is C20H22N4O2. The van der Waals surface area contributed by atoms with Crippen LogP contribution < -0.4 is 10.5 Å². The predicted octanol–water partition coefficient (Wildman–Crippen LogP) is 2.60. The van der Waals surface area contributed by atoms with Crippen LogP contribution in [0.4, 0.5) is 0 Å². The maximum Gasteiger partial charge on any atom is 0.261 e. The number of benzene rings is 1. The molecular weight excluding hydrogens is 328 g/mol. The summed E-state index contributed by atoms with van der Waals surface area (Å²) < 4.78 is 6.14. The van der Waals surface area contributed by atoms with Gasteiger partial charge in [0.1, 0.15) is 11.4 Å². The van der Waals surface area contributed by atoms with E-state index in [1.165, 1.54) is 4.90 Å². The minimum atomic E-state index is -1.04. The van der Waals surface area contributed by atoms with Crippen LogP contribution in [0.25, 0.3) is 11.1 Å². The van der Waals surface area contributed by atoms with Gasteiger partial charge in [-0.3, -0.25) is 14.7 Å². The van der Waals surface area contributed by atoms with E-state index in [-0.39, 0.29) is 11.9 Å². The summed E-state index contributed by atoms with van der Waals surface area (Å²) >= 11 is 0. The normalized spacial score (nSPS) is 23.6. The summed E-state index contributed by atoms with van der Waals surface area (Å²) in [5, 5.41) is 0. The van der Waals surface area contributed by atoms with Crippen molar-refractivity contribution in [3.05, 3.63) is 47.8 Å². The Labute approximate surface area is 152 Å². The molecule has 0 saturated heterocycles. The Hall–Kier alpha value is -2.89. The summed E-state index contributed by atoms with van der Waals surface area (Å²) in [5.41, 5.74) is 8.22. The summed E-state index contributed by atoms with van der Waals surface area (Å²) in [6.45, 7) is 5.93. The maximum atomic E-state index is 13.1. The van der Waals surface area contributed by atoms with Crippen molar-refractivity contribution in [2.24, 2.45) is 10.7 Å². The molecule has 1 unspecified atom stereocenters. The fourth-order valence-electron chi connectivity index (χ4n) is 3.87. The minimum absolute atomic E-state index is 0.118. The van der Waals surface area contributed by atoms with Crippen LogP contribution in [0.1, 0.15) is 31.4 Å². The third-order valence-corrected chi connectivity index (χ3v) is 5.01. The number of ether oxygens (including phenoxy) is 1. The zero-order chi connectivity index (χ0) is 18.7. The fraction of sp³-hybridized carbons (Fsp3) is 0.350. The number of rotatable bonds is 1. The topological polar surface area (TPSA) is 80.8 Å². The third-order valence-electron chi connectivity index (χ3n) is 5.01. The van der Waals surface area contributed by atoms with E-state index >= 15 is 0 Å². The van der Waals surface area contributed by atoms with Gasteiger partial charge in [0.15, 0.2) is 11.5 Å². The molecule has 2 N–H and O–H groups in total. The van der Waals surface area contributed by atoms with E-state index in [0.29, 0.717) is 12.2 Å². The van der Waals surface area contributed by atoms with Gasteiger partial charge in [-0.1, -0.05) is 6.07 Å². The number of carbonyl (C=O) groups excluding carboxylic acids is 1. The number of carbonyl (C=O) groups is 1. The number of fused-ring (bicyclic) bond motifs is 2. The zero-order valence-electron chi connectivity index (χ0n) is 15.4. The Balaban J connectivity index is 1.93. The molecule has 0 saturated carbocycles. The molecule has 2 aliphatic heterocycles. The highest BCUT2D eigenvalue weighted by Gasteiger charge is 2.55. The van der Waals surface area contributed by atoms with E-state index in [1.54, 1.807) is 7.05 Å². The molecule has 1 aromatic heterocycles. The first-order valence-corrected chi connectivity index (χ1v) is 8.61. The number of hydrogen-bond donors (Lipinski definition) is 1. The molecule has 1 atom stereocenters. The fourth-order valence-corrected chi connectivity index (χ4v) is 3.87. The van der Waals surface area contributed by atoms with E-state index in [1.807, 2.05) is 51.4 Å². The minimum Gasteiger partial charge on any atom is -0.487 e. The van der Waals surface area contributed by atoms with Crippen molar-refractivity contribution in [2.75, 3.05) is 7.05 Å². The van der Waals surface area contributed by atoms with E-state index in [0.717, 1.165) is 22.3 Å². The molecule has 3 heterocycles.